The van der Waals surface area contributed by atoms with E-state index >= 15 is 0 Å². The van der Waals surface area contributed by atoms with E-state index in [1.807, 2.05) is 43.3 Å². The Bertz CT molecular complexity index is 871. The van der Waals surface area contributed by atoms with Gasteiger partial charge in [0.2, 0.25) is 11.7 Å². The fraction of sp³-hybridized carbons (Fsp3) is 0.250. The van der Waals surface area contributed by atoms with Crippen molar-refractivity contribution in [1.29, 1.82) is 0 Å². The molecule has 3 aromatic rings. The molecule has 3 rings (SSSR count). The summed E-state index contributed by atoms with van der Waals surface area (Å²) in [5, 5.41) is 7.22. The van der Waals surface area contributed by atoms with Crippen LogP contribution in [0.25, 0.3) is 11.4 Å². The van der Waals surface area contributed by atoms with Crippen LogP contribution >= 0.6 is 11.8 Å². The molecular formula is C20H21N3O2S. The van der Waals surface area contributed by atoms with Gasteiger partial charge >= 0.3 is 0 Å². The number of aromatic nitrogens is 2. The molecule has 0 spiro atoms. The van der Waals surface area contributed by atoms with Crippen molar-refractivity contribution in [3.05, 3.63) is 59.7 Å². The molecule has 5 nitrogen and oxygen atoms in total. The van der Waals surface area contributed by atoms with Crippen LogP contribution in [0.15, 0.2) is 58.3 Å². The smallest absolute Gasteiger partial charge is 0.286 e. The zero-order chi connectivity index (χ0) is 18.5. The first kappa shape index (κ1) is 18.2. The van der Waals surface area contributed by atoms with Crippen molar-refractivity contribution >= 4 is 23.4 Å². The summed E-state index contributed by atoms with van der Waals surface area (Å²) in [6.07, 6.45) is 0. The molecule has 0 atom stereocenters. The number of anilines is 1. The molecule has 0 bridgehead atoms. The van der Waals surface area contributed by atoms with Crippen LogP contribution in [0.3, 0.4) is 0 Å². The van der Waals surface area contributed by atoms with E-state index in [0.717, 1.165) is 16.8 Å². The molecule has 134 valence electrons. The number of carbonyl (C=O) groups excluding carboxylic acids is 1. The minimum atomic E-state index is -0.111. The fourth-order valence-electron chi connectivity index (χ4n) is 2.36. The van der Waals surface area contributed by atoms with E-state index < -0.39 is 0 Å². The maximum atomic E-state index is 12.0. The Morgan fingerprint density at radius 2 is 1.81 bits per heavy atom. The number of carbonyl (C=O) groups is 1. The van der Waals surface area contributed by atoms with Crippen molar-refractivity contribution in [2.45, 2.75) is 31.9 Å². The molecule has 2 aromatic carbocycles. The molecule has 1 aromatic heterocycles. The standard InChI is InChI=1S/C20H21N3O2S/c1-13(2)15-6-8-16(9-7-15)19-22-20(25-23-19)26-12-18(24)21-17-10-4-14(3)5-11-17/h4-11,13H,12H2,1-3H3,(H,21,24). The van der Waals surface area contributed by atoms with Crippen LogP contribution in [-0.2, 0) is 4.79 Å². The fourth-order valence-corrected chi connectivity index (χ4v) is 2.93. The predicted octanol–water partition coefficient (Wildman–Crippen LogP) is 4.90. The van der Waals surface area contributed by atoms with Gasteiger partial charge in [0.1, 0.15) is 0 Å². The van der Waals surface area contributed by atoms with Crippen LogP contribution in [0.2, 0.25) is 0 Å². The second-order valence-electron chi connectivity index (χ2n) is 6.36. The number of thioether (sulfide) groups is 1. The van der Waals surface area contributed by atoms with Crippen LogP contribution in [0, 0.1) is 6.92 Å². The van der Waals surface area contributed by atoms with Gasteiger partial charge < -0.3 is 9.84 Å². The Balaban J connectivity index is 1.56. The third-order valence-corrected chi connectivity index (χ3v) is 4.72. The lowest BCUT2D eigenvalue weighted by atomic mass is 10.0. The molecule has 26 heavy (non-hydrogen) atoms. The molecule has 0 unspecified atom stereocenters. The lowest BCUT2D eigenvalue weighted by Gasteiger charge is -2.04. The topological polar surface area (TPSA) is 68.0 Å². The Labute approximate surface area is 157 Å². The largest absolute Gasteiger partial charge is 0.327 e. The second kappa shape index (κ2) is 8.19. The van der Waals surface area contributed by atoms with E-state index in [2.05, 4.69) is 41.4 Å². The van der Waals surface area contributed by atoms with E-state index in [1.165, 1.54) is 17.3 Å². The maximum absolute atomic E-state index is 12.0. The SMILES string of the molecule is Cc1ccc(NC(=O)CSc2nc(-c3ccc(C(C)C)cc3)no2)cc1. The first-order valence-electron chi connectivity index (χ1n) is 8.44. The third-order valence-electron chi connectivity index (χ3n) is 3.91. The number of rotatable bonds is 6. The highest BCUT2D eigenvalue weighted by atomic mass is 32.2. The van der Waals surface area contributed by atoms with Crippen LogP contribution in [0.4, 0.5) is 5.69 Å². The van der Waals surface area contributed by atoms with Gasteiger partial charge in [-0.3, -0.25) is 4.79 Å². The molecule has 0 saturated carbocycles. The molecule has 1 heterocycles. The molecule has 0 aliphatic rings. The van der Waals surface area contributed by atoms with Crippen molar-refractivity contribution < 1.29 is 9.32 Å². The minimum Gasteiger partial charge on any atom is -0.327 e. The number of aryl methyl sites for hydroxylation is 1. The number of amides is 1. The van der Waals surface area contributed by atoms with E-state index in [1.54, 1.807) is 0 Å². The lowest BCUT2D eigenvalue weighted by molar-refractivity contribution is -0.113. The van der Waals surface area contributed by atoms with E-state index in [9.17, 15) is 4.79 Å². The monoisotopic (exact) mass is 367 g/mol. The quantitative estimate of drug-likeness (QED) is 0.628. The summed E-state index contributed by atoms with van der Waals surface area (Å²) in [5.41, 5.74) is 4.09. The Morgan fingerprint density at radius 3 is 2.46 bits per heavy atom. The average Bonchev–Trinajstić information content (AvgIpc) is 3.11. The lowest BCUT2D eigenvalue weighted by Crippen LogP contribution is -2.13. The number of hydrogen-bond acceptors (Lipinski definition) is 5. The van der Waals surface area contributed by atoms with Crippen molar-refractivity contribution in [1.82, 2.24) is 10.1 Å². The summed E-state index contributed by atoms with van der Waals surface area (Å²) in [5.74, 6) is 1.11. The Morgan fingerprint density at radius 1 is 1.12 bits per heavy atom. The van der Waals surface area contributed by atoms with E-state index in [-0.39, 0.29) is 11.7 Å². The number of nitrogens with one attached hydrogen (secondary N) is 1. The predicted molar refractivity (Wildman–Crippen MR) is 104 cm³/mol. The van der Waals surface area contributed by atoms with Gasteiger partial charge in [0.05, 0.1) is 5.75 Å². The first-order valence-corrected chi connectivity index (χ1v) is 9.43. The van der Waals surface area contributed by atoms with Gasteiger partial charge in [-0.1, -0.05) is 72.7 Å². The number of nitrogens with zero attached hydrogens (tertiary/aromatic N) is 2. The van der Waals surface area contributed by atoms with E-state index in [4.69, 9.17) is 4.52 Å². The number of benzene rings is 2. The van der Waals surface area contributed by atoms with Gasteiger partial charge in [0.25, 0.3) is 5.22 Å². The molecule has 0 aliphatic carbocycles. The highest BCUT2D eigenvalue weighted by Crippen LogP contribution is 2.23. The molecule has 1 N–H and O–H groups in total. The summed E-state index contributed by atoms with van der Waals surface area (Å²) in [7, 11) is 0. The highest BCUT2D eigenvalue weighted by Gasteiger charge is 2.12. The van der Waals surface area contributed by atoms with Gasteiger partial charge in [0, 0.05) is 11.3 Å². The molecule has 0 saturated heterocycles. The normalized spacial score (nSPS) is 10.9. The zero-order valence-electron chi connectivity index (χ0n) is 15.0. The first-order chi connectivity index (χ1) is 12.5. The molecular weight excluding hydrogens is 346 g/mol. The van der Waals surface area contributed by atoms with E-state index in [0.29, 0.717) is 17.0 Å². The average molecular weight is 367 g/mol. The van der Waals surface area contributed by atoms with Gasteiger partial charge in [-0.25, -0.2) is 0 Å². The van der Waals surface area contributed by atoms with Crippen LogP contribution in [0.5, 0.6) is 0 Å². The summed E-state index contributed by atoms with van der Waals surface area (Å²) in [6.45, 7) is 6.31. The van der Waals surface area contributed by atoms with Gasteiger partial charge in [-0.05, 0) is 30.5 Å². The Kier molecular flexibility index (Phi) is 5.73. The molecule has 0 fully saturated rings. The Hall–Kier alpha value is -2.60. The third kappa shape index (κ3) is 4.73. The van der Waals surface area contributed by atoms with Crippen molar-refractivity contribution in [3.63, 3.8) is 0 Å². The minimum absolute atomic E-state index is 0.111. The molecule has 0 radical (unpaired) electrons. The van der Waals surface area contributed by atoms with Gasteiger partial charge in [-0.15, -0.1) is 0 Å². The van der Waals surface area contributed by atoms with Crippen LogP contribution in [0.1, 0.15) is 30.9 Å². The maximum Gasteiger partial charge on any atom is 0.286 e. The summed E-state index contributed by atoms with van der Waals surface area (Å²) in [4.78, 5) is 16.4. The van der Waals surface area contributed by atoms with Gasteiger partial charge in [-0.2, -0.15) is 4.98 Å². The second-order valence-corrected chi connectivity index (χ2v) is 7.29. The number of hydrogen-bond donors (Lipinski definition) is 1. The molecule has 6 heteroatoms. The van der Waals surface area contributed by atoms with Crippen molar-refractivity contribution in [2.24, 2.45) is 0 Å². The highest BCUT2D eigenvalue weighted by molar-refractivity contribution is 7.99. The summed E-state index contributed by atoms with van der Waals surface area (Å²) >= 11 is 1.22. The molecule has 1 amide bonds. The van der Waals surface area contributed by atoms with Gasteiger partial charge in [0.15, 0.2) is 0 Å². The molecule has 0 aliphatic heterocycles. The zero-order valence-corrected chi connectivity index (χ0v) is 15.8. The summed E-state index contributed by atoms with van der Waals surface area (Å²) < 4.78 is 5.23. The van der Waals surface area contributed by atoms with Crippen LogP contribution < -0.4 is 5.32 Å². The summed E-state index contributed by atoms with van der Waals surface area (Å²) in [6, 6.07) is 15.8. The van der Waals surface area contributed by atoms with Crippen LogP contribution in [-0.4, -0.2) is 21.8 Å². The van der Waals surface area contributed by atoms with Crippen molar-refractivity contribution in [3.8, 4) is 11.4 Å². The van der Waals surface area contributed by atoms with Crippen molar-refractivity contribution in [2.75, 3.05) is 11.1 Å².